The van der Waals surface area contributed by atoms with Crippen molar-refractivity contribution in [1.29, 1.82) is 0 Å². The molecule has 1 N–H and O–H groups in total. The number of likely N-dealkylation sites (tertiary alicyclic amines) is 1. The molecule has 3 rings (SSSR count). The van der Waals surface area contributed by atoms with Gasteiger partial charge in [0.1, 0.15) is 0 Å². The van der Waals surface area contributed by atoms with E-state index < -0.39 is 0 Å². The summed E-state index contributed by atoms with van der Waals surface area (Å²) in [5.74, 6) is 1.81. The van der Waals surface area contributed by atoms with Crippen molar-refractivity contribution in [2.45, 2.75) is 95.7 Å². The van der Waals surface area contributed by atoms with Crippen molar-refractivity contribution in [2.24, 2.45) is 11.8 Å². The fraction of sp³-hybridized carbons (Fsp3) is 1.00. The fourth-order valence-electron chi connectivity index (χ4n) is 5.32. The number of hydrogen-bond acceptors (Lipinski definition) is 2. The third-order valence-corrected chi connectivity index (χ3v) is 6.30. The minimum Gasteiger partial charge on any atom is -0.391 e. The molecule has 4 unspecified atom stereocenters. The summed E-state index contributed by atoms with van der Waals surface area (Å²) in [6.07, 6.45) is 14.7. The summed E-state index contributed by atoms with van der Waals surface area (Å²) in [7, 11) is 0. The maximum Gasteiger partial charge on any atom is 0.0695 e. The van der Waals surface area contributed by atoms with Gasteiger partial charge in [0.15, 0.2) is 0 Å². The molecule has 2 saturated carbocycles. The Balaban J connectivity index is 1.65. The highest BCUT2D eigenvalue weighted by Gasteiger charge is 2.41. The molecule has 0 aromatic heterocycles. The largest absolute Gasteiger partial charge is 0.391 e. The Labute approximate surface area is 124 Å². The third-order valence-electron chi connectivity index (χ3n) is 6.30. The molecule has 1 saturated heterocycles. The fourth-order valence-corrected chi connectivity index (χ4v) is 5.32. The number of hydrogen-bond donors (Lipinski definition) is 1. The molecule has 2 nitrogen and oxygen atoms in total. The lowest BCUT2D eigenvalue weighted by atomic mass is 9.80. The van der Waals surface area contributed by atoms with Crippen molar-refractivity contribution in [3.63, 3.8) is 0 Å². The summed E-state index contributed by atoms with van der Waals surface area (Å²) >= 11 is 0. The Bertz CT molecular complexity index is 300. The molecule has 1 heterocycles. The maximum atomic E-state index is 10.5. The maximum absolute atomic E-state index is 10.5. The van der Waals surface area contributed by atoms with E-state index >= 15 is 0 Å². The van der Waals surface area contributed by atoms with Gasteiger partial charge in [-0.1, -0.05) is 32.6 Å². The average Bonchev–Trinajstić information content (AvgIpc) is 3.10. The first-order chi connectivity index (χ1) is 9.79. The molecule has 2 heteroatoms. The van der Waals surface area contributed by atoms with Crippen LogP contribution in [0, 0.1) is 11.8 Å². The molecule has 20 heavy (non-hydrogen) atoms. The Hall–Kier alpha value is -0.0800. The van der Waals surface area contributed by atoms with Crippen molar-refractivity contribution in [1.82, 2.24) is 4.90 Å². The molecular weight excluding hydrogens is 246 g/mol. The van der Waals surface area contributed by atoms with Crippen molar-refractivity contribution in [3.8, 4) is 0 Å². The van der Waals surface area contributed by atoms with E-state index in [0.717, 1.165) is 24.3 Å². The second-order valence-electron chi connectivity index (χ2n) is 7.59. The zero-order valence-electron chi connectivity index (χ0n) is 13.3. The Morgan fingerprint density at radius 3 is 2.50 bits per heavy atom. The van der Waals surface area contributed by atoms with Crippen LogP contribution in [0.15, 0.2) is 0 Å². The highest BCUT2D eigenvalue weighted by Crippen LogP contribution is 2.40. The quantitative estimate of drug-likeness (QED) is 0.841. The lowest BCUT2D eigenvalue weighted by Gasteiger charge is -2.43. The molecule has 0 aromatic carbocycles. The van der Waals surface area contributed by atoms with Crippen LogP contribution >= 0.6 is 0 Å². The van der Waals surface area contributed by atoms with Gasteiger partial charge in [0.25, 0.3) is 0 Å². The van der Waals surface area contributed by atoms with Crippen LogP contribution in [-0.4, -0.2) is 34.7 Å². The Morgan fingerprint density at radius 1 is 0.950 bits per heavy atom. The minimum atomic E-state index is -0.0508. The predicted molar refractivity (Wildman–Crippen MR) is 83.7 cm³/mol. The lowest BCUT2D eigenvalue weighted by molar-refractivity contribution is -0.0135. The highest BCUT2D eigenvalue weighted by molar-refractivity contribution is 4.95. The van der Waals surface area contributed by atoms with E-state index in [0.29, 0.717) is 6.04 Å². The molecule has 1 aliphatic heterocycles. The van der Waals surface area contributed by atoms with E-state index in [9.17, 15) is 5.11 Å². The van der Waals surface area contributed by atoms with Gasteiger partial charge in [-0.25, -0.2) is 0 Å². The van der Waals surface area contributed by atoms with Gasteiger partial charge in [0.2, 0.25) is 0 Å². The second kappa shape index (κ2) is 6.79. The van der Waals surface area contributed by atoms with Crippen LogP contribution in [-0.2, 0) is 0 Å². The summed E-state index contributed by atoms with van der Waals surface area (Å²) < 4.78 is 0. The summed E-state index contributed by atoms with van der Waals surface area (Å²) in [6.45, 7) is 3.55. The van der Waals surface area contributed by atoms with Crippen molar-refractivity contribution >= 4 is 0 Å². The van der Waals surface area contributed by atoms with Crippen molar-refractivity contribution in [2.75, 3.05) is 6.54 Å². The second-order valence-corrected chi connectivity index (χ2v) is 7.59. The van der Waals surface area contributed by atoms with E-state index in [1.807, 2.05) is 0 Å². The standard InChI is InChI=1S/C18H33NO/c1-2-6-14-10-11-18(20)17(13-14)19-12-5-9-16(19)15-7-3-4-8-15/h14-18,20H,2-13H2,1H3. The number of rotatable bonds is 4. The topological polar surface area (TPSA) is 23.5 Å². The Kier molecular flexibility index (Phi) is 5.04. The number of aliphatic hydroxyl groups is 1. The van der Waals surface area contributed by atoms with Gasteiger partial charge in [0.05, 0.1) is 6.10 Å². The number of nitrogens with zero attached hydrogens (tertiary/aromatic N) is 1. The molecule has 116 valence electrons. The van der Waals surface area contributed by atoms with Crippen LogP contribution in [0.25, 0.3) is 0 Å². The monoisotopic (exact) mass is 279 g/mol. The molecule has 3 fully saturated rings. The summed E-state index contributed by atoms with van der Waals surface area (Å²) in [5, 5.41) is 10.5. The van der Waals surface area contributed by atoms with Crippen LogP contribution in [0.1, 0.15) is 77.6 Å². The van der Waals surface area contributed by atoms with E-state index in [2.05, 4.69) is 11.8 Å². The predicted octanol–water partition coefficient (Wildman–Crippen LogP) is 3.97. The molecular formula is C18H33NO. The molecule has 4 atom stereocenters. The first-order valence-electron chi connectivity index (χ1n) is 9.23. The van der Waals surface area contributed by atoms with Gasteiger partial charge in [-0.2, -0.15) is 0 Å². The summed E-state index contributed by atoms with van der Waals surface area (Å²) in [5.41, 5.74) is 0. The Morgan fingerprint density at radius 2 is 1.75 bits per heavy atom. The lowest BCUT2D eigenvalue weighted by Crippen LogP contribution is -2.51. The SMILES string of the molecule is CCCC1CCC(O)C(N2CCCC2C2CCCC2)C1. The van der Waals surface area contributed by atoms with E-state index in [-0.39, 0.29) is 6.10 Å². The van der Waals surface area contributed by atoms with Gasteiger partial charge >= 0.3 is 0 Å². The van der Waals surface area contributed by atoms with Crippen molar-refractivity contribution in [3.05, 3.63) is 0 Å². The zero-order valence-corrected chi connectivity index (χ0v) is 13.3. The van der Waals surface area contributed by atoms with Crippen LogP contribution in [0.4, 0.5) is 0 Å². The van der Waals surface area contributed by atoms with Gasteiger partial charge in [-0.05, 0) is 63.3 Å². The van der Waals surface area contributed by atoms with Crippen molar-refractivity contribution < 1.29 is 5.11 Å². The van der Waals surface area contributed by atoms with Gasteiger partial charge in [-0.15, -0.1) is 0 Å². The van der Waals surface area contributed by atoms with E-state index in [1.165, 1.54) is 70.8 Å². The molecule has 0 spiro atoms. The van der Waals surface area contributed by atoms with Gasteiger partial charge in [0, 0.05) is 12.1 Å². The number of aliphatic hydroxyl groups excluding tert-OH is 1. The molecule has 2 aliphatic carbocycles. The van der Waals surface area contributed by atoms with E-state index in [4.69, 9.17) is 0 Å². The zero-order chi connectivity index (χ0) is 13.9. The van der Waals surface area contributed by atoms with Crippen LogP contribution in [0.5, 0.6) is 0 Å². The molecule has 0 aromatic rings. The first kappa shape index (κ1) is 14.8. The normalized spacial score (nSPS) is 40.5. The first-order valence-corrected chi connectivity index (χ1v) is 9.23. The van der Waals surface area contributed by atoms with Gasteiger partial charge in [-0.3, -0.25) is 4.90 Å². The smallest absolute Gasteiger partial charge is 0.0695 e. The van der Waals surface area contributed by atoms with Gasteiger partial charge < -0.3 is 5.11 Å². The van der Waals surface area contributed by atoms with E-state index in [1.54, 1.807) is 0 Å². The highest BCUT2D eigenvalue weighted by atomic mass is 16.3. The minimum absolute atomic E-state index is 0.0508. The molecule has 0 bridgehead atoms. The third kappa shape index (κ3) is 3.06. The summed E-state index contributed by atoms with van der Waals surface area (Å²) in [4.78, 5) is 2.75. The average molecular weight is 279 g/mol. The molecule has 0 amide bonds. The molecule has 0 radical (unpaired) electrons. The van der Waals surface area contributed by atoms with Crippen LogP contribution < -0.4 is 0 Å². The van der Waals surface area contributed by atoms with Crippen LogP contribution in [0.3, 0.4) is 0 Å². The summed E-state index contributed by atoms with van der Waals surface area (Å²) in [6, 6.07) is 1.28. The van der Waals surface area contributed by atoms with Crippen LogP contribution in [0.2, 0.25) is 0 Å². The molecule has 3 aliphatic rings.